The van der Waals surface area contributed by atoms with Gasteiger partial charge in [0.05, 0.1) is 24.3 Å². The zero-order valence-electron chi connectivity index (χ0n) is 17.3. The number of carbonyl (C=O) groups is 2. The van der Waals surface area contributed by atoms with E-state index in [1.165, 1.54) is 18.0 Å². The van der Waals surface area contributed by atoms with E-state index in [0.29, 0.717) is 23.1 Å². The monoisotopic (exact) mass is 471 g/mol. The highest BCUT2D eigenvalue weighted by Gasteiger charge is 2.13. The average molecular weight is 472 g/mol. The smallest absolute Gasteiger partial charge is 0.258 e. The van der Waals surface area contributed by atoms with Crippen LogP contribution in [0.5, 0.6) is 5.75 Å². The van der Waals surface area contributed by atoms with Crippen molar-refractivity contribution in [2.45, 2.75) is 23.6 Å². The van der Waals surface area contributed by atoms with E-state index in [9.17, 15) is 9.59 Å². The summed E-state index contributed by atoms with van der Waals surface area (Å²) in [6.45, 7) is 2.02. The summed E-state index contributed by atoms with van der Waals surface area (Å²) in [4.78, 5) is 25.0. The van der Waals surface area contributed by atoms with Gasteiger partial charge in [-0.1, -0.05) is 11.6 Å². The molecule has 0 aliphatic heterocycles. The van der Waals surface area contributed by atoms with E-state index in [0.717, 1.165) is 10.5 Å². The molecule has 2 aromatic carbocycles. The van der Waals surface area contributed by atoms with Gasteiger partial charge in [0, 0.05) is 9.92 Å². The van der Waals surface area contributed by atoms with Crippen LogP contribution in [0.4, 0.5) is 0 Å². The van der Waals surface area contributed by atoms with E-state index in [2.05, 4.69) is 15.8 Å². The van der Waals surface area contributed by atoms with Gasteiger partial charge < -0.3 is 14.5 Å². The number of hydrogen-bond acceptors (Lipinski definition) is 6. The van der Waals surface area contributed by atoms with Crippen LogP contribution in [0, 0.1) is 0 Å². The van der Waals surface area contributed by atoms with Crippen LogP contribution >= 0.6 is 23.4 Å². The summed E-state index contributed by atoms with van der Waals surface area (Å²) in [5.41, 5.74) is 3.31. The molecule has 0 spiro atoms. The summed E-state index contributed by atoms with van der Waals surface area (Å²) < 4.78 is 10.6. The van der Waals surface area contributed by atoms with Crippen molar-refractivity contribution in [1.82, 2.24) is 10.7 Å². The number of ether oxygens (including phenoxy) is 1. The van der Waals surface area contributed by atoms with Crippen molar-refractivity contribution in [3.63, 3.8) is 0 Å². The lowest BCUT2D eigenvalue weighted by atomic mass is 10.2. The largest absolute Gasteiger partial charge is 0.484 e. The first-order chi connectivity index (χ1) is 15.5. The first-order valence-electron chi connectivity index (χ1n) is 9.76. The van der Waals surface area contributed by atoms with E-state index < -0.39 is 0 Å². The number of thioether (sulfide) groups is 1. The number of carbonyl (C=O) groups excluding carboxylic acids is 2. The van der Waals surface area contributed by atoms with Crippen molar-refractivity contribution in [2.24, 2.45) is 5.10 Å². The van der Waals surface area contributed by atoms with Crippen LogP contribution in [0.25, 0.3) is 0 Å². The van der Waals surface area contributed by atoms with E-state index in [1.54, 1.807) is 61.7 Å². The lowest BCUT2D eigenvalue weighted by Gasteiger charge is -2.09. The van der Waals surface area contributed by atoms with Gasteiger partial charge in [-0.05, 0) is 73.2 Å². The van der Waals surface area contributed by atoms with Crippen LogP contribution in [0.15, 0.2) is 81.3 Å². The number of nitrogens with zero attached hydrogens (tertiary/aromatic N) is 1. The topological polar surface area (TPSA) is 92.9 Å². The van der Waals surface area contributed by atoms with E-state index in [-0.39, 0.29) is 23.7 Å². The second kappa shape index (κ2) is 12.0. The van der Waals surface area contributed by atoms with Crippen LogP contribution in [0.2, 0.25) is 5.02 Å². The number of furan rings is 1. The summed E-state index contributed by atoms with van der Waals surface area (Å²) in [6, 6.07) is 17.8. The van der Waals surface area contributed by atoms with Crippen molar-refractivity contribution < 1.29 is 18.7 Å². The molecule has 0 saturated carbocycles. The minimum Gasteiger partial charge on any atom is -0.484 e. The second-order valence-corrected chi connectivity index (χ2v) is 8.51. The number of benzene rings is 2. The molecule has 166 valence electrons. The zero-order chi connectivity index (χ0) is 22.8. The standard InChI is InChI=1S/C23H22ClN3O4S/c1-16(32-21-10-6-18(24)7-11-21)23(29)27-26-13-17-4-8-19(9-5-17)31-15-22(28)25-14-20-3-2-12-30-20/h2-13,16H,14-15H2,1H3,(H,25,28)(H,27,29)/b26-13-/t16-/m1/s1. The second-order valence-electron chi connectivity index (χ2n) is 6.66. The molecular formula is C23H22ClN3O4S. The van der Waals surface area contributed by atoms with Gasteiger partial charge in [-0.15, -0.1) is 11.8 Å². The molecule has 0 saturated heterocycles. The molecule has 1 atom stereocenters. The maximum atomic E-state index is 12.2. The third-order valence-electron chi connectivity index (χ3n) is 4.17. The molecule has 7 nitrogen and oxygen atoms in total. The predicted octanol–water partition coefficient (Wildman–Crippen LogP) is 4.26. The van der Waals surface area contributed by atoms with Crippen molar-refractivity contribution >= 4 is 41.4 Å². The molecule has 3 aromatic rings. The summed E-state index contributed by atoms with van der Waals surface area (Å²) >= 11 is 7.29. The third kappa shape index (κ3) is 7.79. The van der Waals surface area contributed by atoms with Gasteiger partial charge in [-0.3, -0.25) is 9.59 Å². The lowest BCUT2D eigenvalue weighted by molar-refractivity contribution is -0.123. The lowest BCUT2D eigenvalue weighted by Crippen LogP contribution is -2.28. The SMILES string of the molecule is C[C@@H](Sc1ccc(Cl)cc1)C(=O)N/N=C\c1ccc(OCC(=O)NCc2ccco2)cc1. The number of amides is 2. The van der Waals surface area contributed by atoms with Crippen LogP contribution in [-0.4, -0.2) is 29.9 Å². The Balaban J connectivity index is 1.38. The van der Waals surface area contributed by atoms with Gasteiger partial charge in [-0.25, -0.2) is 5.43 Å². The molecule has 32 heavy (non-hydrogen) atoms. The first kappa shape index (κ1) is 23.4. The Labute approximate surface area is 195 Å². The van der Waals surface area contributed by atoms with Crippen molar-refractivity contribution in [2.75, 3.05) is 6.61 Å². The van der Waals surface area contributed by atoms with Crippen LogP contribution < -0.4 is 15.5 Å². The van der Waals surface area contributed by atoms with Crippen molar-refractivity contribution in [3.8, 4) is 5.75 Å². The molecule has 1 heterocycles. The molecule has 0 radical (unpaired) electrons. The number of halogens is 1. The van der Waals surface area contributed by atoms with Crippen molar-refractivity contribution in [1.29, 1.82) is 0 Å². The fraction of sp³-hybridized carbons (Fsp3) is 0.174. The Kier molecular flexibility index (Phi) is 8.77. The van der Waals surface area contributed by atoms with Crippen molar-refractivity contribution in [3.05, 3.63) is 83.3 Å². The van der Waals surface area contributed by atoms with E-state index in [1.807, 2.05) is 12.1 Å². The fourth-order valence-corrected chi connectivity index (χ4v) is 3.47. The van der Waals surface area contributed by atoms with Crippen LogP contribution in [0.1, 0.15) is 18.2 Å². The normalized spacial score (nSPS) is 11.8. The van der Waals surface area contributed by atoms with E-state index >= 15 is 0 Å². The maximum absolute atomic E-state index is 12.2. The Hall–Kier alpha value is -3.23. The Morgan fingerprint density at radius 1 is 1.16 bits per heavy atom. The fourth-order valence-electron chi connectivity index (χ4n) is 2.48. The predicted molar refractivity (Wildman–Crippen MR) is 125 cm³/mol. The summed E-state index contributed by atoms with van der Waals surface area (Å²) in [6.07, 6.45) is 3.09. The minimum absolute atomic E-state index is 0.104. The Bertz CT molecular complexity index is 1040. The highest BCUT2D eigenvalue weighted by Crippen LogP contribution is 2.24. The number of hydrogen-bond donors (Lipinski definition) is 2. The van der Waals surface area contributed by atoms with Crippen LogP contribution in [0.3, 0.4) is 0 Å². The quantitative estimate of drug-likeness (QED) is 0.262. The molecule has 0 aliphatic carbocycles. The number of nitrogens with one attached hydrogen (secondary N) is 2. The summed E-state index contributed by atoms with van der Waals surface area (Å²) in [5, 5.41) is 7.04. The maximum Gasteiger partial charge on any atom is 0.258 e. The molecule has 3 rings (SSSR count). The van der Waals surface area contributed by atoms with Gasteiger partial charge in [0.2, 0.25) is 0 Å². The number of hydrazone groups is 1. The summed E-state index contributed by atoms with van der Waals surface area (Å²) in [7, 11) is 0. The Morgan fingerprint density at radius 3 is 2.59 bits per heavy atom. The third-order valence-corrected chi connectivity index (χ3v) is 5.54. The molecule has 0 unspecified atom stereocenters. The first-order valence-corrected chi connectivity index (χ1v) is 11.0. The molecule has 0 bridgehead atoms. The average Bonchev–Trinajstić information content (AvgIpc) is 3.32. The number of rotatable bonds is 10. The molecular weight excluding hydrogens is 450 g/mol. The minimum atomic E-state index is -0.317. The van der Waals surface area contributed by atoms with Gasteiger partial charge in [0.15, 0.2) is 6.61 Å². The molecule has 9 heteroatoms. The Morgan fingerprint density at radius 2 is 1.91 bits per heavy atom. The molecule has 0 aliphatic rings. The van der Waals surface area contributed by atoms with Gasteiger partial charge >= 0.3 is 0 Å². The summed E-state index contributed by atoms with van der Waals surface area (Å²) in [5.74, 6) is 0.765. The molecule has 0 fully saturated rings. The van der Waals surface area contributed by atoms with Gasteiger partial charge in [-0.2, -0.15) is 5.10 Å². The molecule has 1 aromatic heterocycles. The molecule has 2 amide bonds. The van der Waals surface area contributed by atoms with E-state index in [4.69, 9.17) is 20.8 Å². The molecule has 2 N–H and O–H groups in total. The zero-order valence-corrected chi connectivity index (χ0v) is 18.9. The van der Waals surface area contributed by atoms with Gasteiger partial charge in [0.1, 0.15) is 11.5 Å². The van der Waals surface area contributed by atoms with Gasteiger partial charge in [0.25, 0.3) is 11.8 Å². The highest BCUT2D eigenvalue weighted by molar-refractivity contribution is 8.00. The highest BCUT2D eigenvalue weighted by atomic mass is 35.5. The van der Waals surface area contributed by atoms with Crippen LogP contribution in [-0.2, 0) is 16.1 Å².